The molecule has 1 aromatic heterocycles. The molecule has 6 nitrogen and oxygen atoms in total. The summed E-state index contributed by atoms with van der Waals surface area (Å²) in [6.45, 7) is 5.91. The number of para-hydroxylation sites is 1. The van der Waals surface area contributed by atoms with E-state index in [1.54, 1.807) is 50.6 Å². The van der Waals surface area contributed by atoms with Crippen molar-refractivity contribution in [3.8, 4) is 17.2 Å². The molecule has 0 radical (unpaired) electrons. The standard InChI is InChI=1S/C27H26N2O4S/c1-16-12-17(2)25(18(3)13-16)23(30)15-34-27-28-21-9-7-6-8-20(21)26(31)29(27)22-14-19(32-4)10-11-24(22)33-5/h6-14H,15H2,1-5H3. The summed E-state index contributed by atoms with van der Waals surface area (Å²) in [5.41, 5.74) is 4.56. The number of ether oxygens (including phenoxy) is 2. The van der Waals surface area contributed by atoms with Crippen LogP contribution in [-0.4, -0.2) is 35.3 Å². The Morgan fingerprint density at radius 3 is 2.35 bits per heavy atom. The van der Waals surface area contributed by atoms with Gasteiger partial charge in [-0.3, -0.25) is 14.2 Å². The van der Waals surface area contributed by atoms with E-state index in [2.05, 4.69) is 0 Å². The zero-order chi connectivity index (χ0) is 24.4. The van der Waals surface area contributed by atoms with Crippen molar-refractivity contribution >= 4 is 28.4 Å². The summed E-state index contributed by atoms with van der Waals surface area (Å²) in [6.07, 6.45) is 0. The maximum atomic E-state index is 13.6. The molecular weight excluding hydrogens is 448 g/mol. The van der Waals surface area contributed by atoms with Crippen molar-refractivity contribution in [2.24, 2.45) is 0 Å². The molecule has 3 aromatic carbocycles. The van der Waals surface area contributed by atoms with E-state index in [4.69, 9.17) is 14.5 Å². The fourth-order valence-electron chi connectivity index (χ4n) is 4.22. The van der Waals surface area contributed by atoms with E-state index in [-0.39, 0.29) is 17.1 Å². The zero-order valence-corrected chi connectivity index (χ0v) is 20.7. The van der Waals surface area contributed by atoms with Gasteiger partial charge in [-0.2, -0.15) is 0 Å². The van der Waals surface area contributed by atoms with Gasteiger partial charge in [0.05, 0.1) is 36.6 Å². The Kier molecular flexibility index (Phi) is 6.75. The number of hydrogen-bond donors (Lipinski definition) is 0. The first-order valence-corrected chi connectivity index (χ1v) is 11.8. The van der Waals surface area contributed by atoms with Gasteiger partial charge < -0.3 is 9.47 Å². The van der Waals surface area contributed by atoms with Crippen LogP contribution in [0, 0.1) is 20.8 Å². The van der Waals surface area contributed by atoms with Gasteiger partial charge in [-0.25, -0.2) is 4.98 Å². The molecular formula is C27H26N2O4S. The first-order valence-electron chi connectivity index (χ1n) is 10.8. The Bertz CT molecular complexity index is 1440. The minimum atomic E-state index is -0.241. The smallest absolute Gasteiger partial charge is 0.266 e. The van der Waals surface area contributed by atoms with Gasteiger partial charge in [0, 0.05) is 11.6 Å². The number of aromatic nitrogens is 2. The number of Topliss-reactive ketones (excluding diaryl/α,β-unsaturated/α-hetero) is 1. The van der Waals surface area contributed by atoms with Gasteiger partial charge in [0.2, 0.25) is 0 Å². The molecule has 4 aromatic rings. The van der Waals surface area contributed by atoms with Crippen LogP contribution in [0.5, 0.6) is 11.5 Å². The zero-order valence-electron chi connectivity index (χ0n) is 19.8. The van der Waals surface area contributed by atoms with Crippen LogP contribution in [0.2, 0.25) is 0 Å². The van der Waals surface area contributed by atoms with Gasteiger partial charge in [0.1, 0.15) is 11.5 Å². The Morgan fingerprint density at radius 1 is 0.971 bits per heavy atom. The van der Waals surface area contributed by atoms with Gasteiger partial charge in [-0.1, -0.05) is 41.6 Å². The van der Waals surface area contributed by atoms with Crippen molar-refractivity contribution in [1.29, 1.82) is 0 Å². The maximum Gasteiger partial charge on any atom is 0.266 e. The Morgan fingerprint density at radius 2 is 1.68 bits per heavy atom. The van der Waals surface area contributed by atoms with E-state index in [9.17, 15) is 9.59 Å². The van der Waals surface area contributed by atoms with Gasteiger partial charge in [-0.05, 0) is 56.2 Å². The normalized spacial score (nSPS) is 11.0. The number of carbonyl (C=O) groups excluding carboxylic acids is 1. The van der Waals surface area contributed by atoms with E-state index >= 15 is 0 Å². The van der Waals surface area contributed by atoms with Crippen LogP contribution in [0.3, 0.4) is 0 Å². The number of aryl methyl sites for hydroxylation is 3. The van der Waals surface area contributed by atoms with Crippen LogP contribution in [0.1, 0.15) is 27.0 Å². The lowest BCUT2D eigenvalue weighted by molar-refractivity contribution is 0.102. The minimum Gasteiger partial charge on any atom is -0.497 e. The molecule has 0 saturated heterocycles. The second-order valence-electron chi connectivity index (χ2n) is 8.08. The first-order chi connectivity index (χ1) is 16.3. The fourth-order valence-corrected chi connectivity index (χ4v) is 5.09. The number of ketones is 1. The number of hydrogen-bond acceptors (Lipinski definition) is 6. The molecule has 174 valence electrons. The summed E-state index contributed by atoms with van der Waals surface area (Å²) in [5, 5.41) is 0.888. The van der Waals surface area contributed by atoms with Crippen LogP contribution in [0.4, 0.5) is 0 Å². The predicted octanol–water partition coefficient (Wildman–Crippen LogP) is 5.30. The lowest BCUT2D eigenvalue weighted by atomic mass is 9.97. The number of thioether (sulfide) groups is 1. The van der Waals surface area contributed by atoms with Gasteiger partial charge in [0.15, 0.2) is 10.9 Å². The van der Waals surface area contributed by atoms with Crippen LogP contribution in [0.25, 0.3) is 16.6 Å². The molecule has 0 unspecified atom stereocenters. The molecule has 0 fully saturated rings. The lowest BCUT2D eigenvalue weighted by Crippen LogP contribution is -2.23. The highest BCUT2D eigenvalue weighted by atomic mass is 32.2. The van der Waals surface area contributed by atoms with Crippen LogP contribution in [0.15, 0.2) is 64.5 Å². The number of nitrogens with zero attached hydrogens (tertiary/aromatic N) is 2. The Balaban J connectivity index is 1.84. The van der Waals surface area contributed by atoms with Crippen molar-refractivity contribution in [1.82, 2.24) is 9.55 Å². The molecule has 0 atom stereocenters. The fraction of sp³-hybridized carbons (Fsp3) is 0.222. The summed E-state index contributed by atoms with van der Waals surface area (Å²) < 4.78 is 12.4. The molecule has 0 spiro atoms. The SMILES string of the molecule is COc1ccc(OC)c(-n2c(SCC(=O)c3c(C)cc(C)cc3C)nc3ccccc3c2=O)c1. The second-order valence-corrected chi connectivity index (χ2v) is 9.02. The van der Waals surface area contributed by atoms with Crippen molar-refractivity contribution < 1.29 is 14.3 Å². The highest BCUT2D eigenvalue weighted by molar-refractivity contribution is 7.99. The van der Waals surface area contributed by atoms with Gasteiger partial charge >= 0.3 is 0 Å². The third kappa shape index (κ3) is 4.43. The molecule has 34 heavy (non-hydrogen) atoms. The summed E-state index contributed by atoms with van der Waals surface area (Å²) >= 11 is 1.23. The maximum absolute atomic E-state index is 13.6. The summed E-state index contributed by atoms with van der Waals surface area (Å²) in [4.78, 5) is 31.6. The summed E-state index contributed by atoms with van der Waals surface area (Å²) in [6, 6.07) is 16.4. The largest absolute Gasteiger partial charge is 0.497 e. The molecule has 0 aliphatic rings. The van der Waals surface area contributed by atoms with Crippen molar-refractivity contribution in [3.05, 3.63) is 87.2 Å². The molecule has 1 heterocycles. The highest BCUT2D eigenvalue weighted by Crippen LogP contribution is 2.31. The number of benzene rings is 3. The average molecular weight is 475 g/mol. The van der Waals surface area contributed by atoms with Crippen LogP contribution in [-0.2, 0) is 0 Å². The third-order valence-corrected chi connectivity index (χ3v) is 6.60. The molecule has 0 amide bonds. The van der Waals surface area contributed by atoms with E-state index in [0.29, 0.717) is 38.8 Å². The predicted molar refractivity (Wildman–Crippen MR) is 136 cm³/mol. The van der Waals surface area contributed by atoms with Crippen LogP contribution >= 0.6 is 11.8 Å². The second kappa shape index (κ2) is 9.73. The summed E-state index contributed by atoms with van der Waals surface area (Å²) in [5.74, 6) is 1.21. The van der Waals surface area contributed by atoms with E-state index in [1.807, 2.05) is 39.0 Å². The molecule has 0 aliphatic carbocycles. The highest BCUT2D eigenvalue weighted by Gasteiger charge is 2.20. The van der Waals surface area contributed by atoms with Gasteiger partial charge in [0.25, 0.3) is 5.56 Å². The Labute approximate surface area is 202 Å². The molecule has 0 aliphatic heterocycles. The molecule has 0 saturated carbocycles. The van der Waals surface area contributed by atoms with E-state index < -0.39 is 0 Å². The lowest BCUT2D eigenvalue weighted by Gasteiger charge is -2.17. The van der Waals surface area contributed by atoms with Gasteiger partial charge in [-0.15, -0.1) is 0 Å². The number of carbonyl (C=O) groups is 1. The molecule has 7 heteroatoms. The van der Waals surface area contributed by atoms with E-state index in [0.717, 1.165) is 16.7 Å². The molecule has 4 rings (SSSR count). The average Bonchev–Trinajstić information content (AvgIpc) is 2.82. The third-order valence-electron chi connectivity index (χ3n) is 5.66. The quantitative estimate of drug-likeness (QED) is 0.206. The van der Waals surface area contributed by atoms with Crippen molar-refractivity contribution in [2.75, 3.05) is 20.0 Å². The molecule has 0 N–H and O–H groups in total. The topological polar surface area (TPSA) is 70.4 Å². The minimum absolute atomic E-state index is 0.00781. The van der Waals surface area contributed by atoms with Crippen LogP contribution < -0.4 is 15.0 Å². The number of fused-ring (bicyclic) bond motifs is 1. The summed E-state index contributed by atoms with van der Waals surface area (Å²) in [7, 11) is 3.11. The molecule has 0 bridgehead atoms. The Hall–Kier alpha value is -3.58. The van der Waals surface area contributed by atoms with Crippen molar-refractivity contribution in [2.45, 2.75) is 25.9 Å². The van der Waals surface area contributed by atoms with Crippen molar-refractivity contribution in [3.63, 3.8) is 0 Å². The number of methoxy groups -OCH3 is 2. The number of rotatable bonds is 7. The van der Waals surface area contributed by atoms with E-state index in [1.165, 1.54) is 16.3 Å². The monoisotopic (exact) mass is 474 g/mol. The first kappa shape index (κ1) is 23.6.